The molecule has 10 heteroatoms. The number of aromatic nitrogens is 3. The summed E-state index contributed by atoms with van der Waals surface area (Å²) < 4.78 is 70.9. The highest BCUT2D eigenvalue weighted by Gasteiger charge is 2.49. The minimum atomic E-state index is -6.02. The quantitative estimate of drug-likeness (QED) is 0.109. The first-order chi connectivity index (χ1) is 22.2. The normalized spacial score (nSPS) is 12.4. The van der Waals surface area contributed by atoms with E-state index in [2.05, 4.69) is 4.98 Å². The molecule has 0 unspecified atom stereocenters. The summed E-state index contributed by atoms with van der Waals surface area (Å²) in [5.74, 6) is -0.476. The highest BCUT2D eigenvalue weighted by Crippen LogP contribution is 2.46. The molecule has 224 valence electrons. The molecule has 0 fully saturated rings. The van der Waals surface area contributed by atoms with Crippen LogP contribution in [0.3, 0.4) is 0 Å². The molecule has 0 atom stereocenters. The van der Waals surface area contributed by atoms with E-state index in [-0.39, 0.29) is 11.1 Å². The lowest BCUT2D eigenvalue weighted by molar-refractivity contribution is -0.0499. The van der Waals surface area contributed by atoms with Crippen molar-refractivity contribution in [3.63, 3.8) is 0 Å². The molecule has 0 bridgehead atoms. The van der Waals surface area contributed by atoms with Gasteiger partial charge in [0.25, 0.3) is 0 Å². The Morgan fingerprint density at radius 3 is 2.15 bits per heavy atom. The van der Waals surface area contributed by atoms with Crippen LogP contribution in [0.5, 0.6) is 5.75 Å². The first-order valence-corrected chi connectivity index (χ1v) is 15.6. The van der Waals surface area contributed by atoms with E-state index in [0.717, 1.165) is 16.3 Å². The second kappa shape index (κ2) is 10.2. The second-order valence-corrected chi connectivity index (χ2v) is 12.3. The van der Waals surface area contributed by atoms with Gasteiger partial charge >= 0.3 is 15.6 Å². The summed E-state index contributed by atoms with van der Waals surface area (Å²) in [4.78, 5) is 14.5. The van der Waals surface area contributed by atoms with Gasteiger partial charge in [-0.3, -0.25) is 4.98 Å². The van der Waals surface area contributed by atoms with Crippen molar-refractivity contribution in [3.05, 3.63) is 121 Å². The molecule has 0 spiro atoms. The van der Waals surface area contributed by atoms with Crippen LogP contribution in [0.1, 0.15) is 0 Å². The van der Waals surface area contributed by atoms with Crippen LogP contribution in [0, 0.1) is 0 Å². The largest absolute Gasteiger partial charge is 0.534 e. The van der Waals surface area contributed by atoms with Gasteiger partial charge in [0.05, 0.1) is 33.3 Å². The van der Waals surface area contributed by atoms with Gasteiger partial charge < -0.3 is 4.18 Å². The number of benzene rings is 5. The Hall–Kier alpha value is -5.61. The van der Waals surface area contributed by atoms with Crippen LogP contribution in [0.2, 0.25) is 0 Å². The number of alkyl halides is 3. The van der Waals surface area contributed by atoms with E-state index in [0.29, 0.717) is 49.4 Å². The Kier molecular flexibility index (Phi) is 6.20. The molecule has 0 saturated heterocycles. The molecule has 6 nitrogen and oxygen atoms in total. The van der Waals surface area contributed by atoms with Gasteiger partial charge in [-0.25, -0.2) is 9.97 Å². The van der Waals surface area contributed by atoms with Crippen molar-refractivity contribution in [2.75, 3.05) is 0 Å². The van der Waals surface area contributed by atoms with Crippen LogP contribution < -0.4 is 4.18 Å². The smallest absolute Gasteiger partial charge is 0.375 e. The maximum absolute atomic E-state index is 13.7. The maximum Gasteiger partial charge on any atom is 0.534 e. The minimum absolute atomic E-state index is 0.130. The van der Waals surface area contributed by atoms with E-state index in [1.807, 2.05) is 66.7 Å². The van der Waals surface area contributed by atoms with Crippen LogP contribution >= 0.6 is 0 Å². The molecular weight excluding hydrogens is 611 g/mol. The highest BCUT2D eigenvalue weighted by atomic mass is 32.2. The van der Waals surface area contributed by atoms with Crippen molar-refractivity contribution in [2.24, 2.45) is 0 Å². The van der Waals surface area contributed by atoms with Gasteiger partial charge in [0.2, 0.25) is 0 Å². The zero-order chi connectivity index (χ0) is 31.6. The maximum atomic E-state index is 13.7. The first kappa shape index (κ1) is 27.9. The lowest BCUT2D eigenvalue weighted by atomic mass is 9.91. The first-order valence-electron chi connectivity index (χ1n) is 14.2. The summed E-state index contributed by atoms with van der Waals surface area (Å²) in [5, 5.41) is 4.19. The van der Waals surface area contributed by atoms with E-state index in [9.17, 15) is 21.6 Å². The van der Waals surface area contributed by atoms with Gasteiger partial charge in [-0.15, -0.1) is 0 Å². The minimum Gasteiger partial charge on any atom is -0.375 e. The fraction of sp³-hybridized carbons (Fsp3) is 0.0278. The number of rotatable bonds is 4. The Bertz CT molecular complexity index is 2630. The van der Waals surface area contributed by atoms with Crippen LogP contribution in [0.4, 0.5) is 13.2 Å². The van der Waals surface area contributed by atoms with Crippen molar-refractivity contribution < 1.29 is 25.8 Å². The molecule has 46 heavy (non-hydrogen) atoms. The molecule has 0 saturated carbocycles. The molecule has 0 N–H and O–H groups in total. The van der Waals surface area contributed by atoms with E-state index in [1.54, 1.807) is 48.7 Å². The molecule has 0 aliphatic rings. The number of nitrogens with zero attached hydrogens (tertiary/aromatic N) is 3. The van der Waals surface area contributed by atoms with Gasteiger partial charge in [-0.1, -0.05) is 91.0 Å². The van der Waals surface area contributed by atoms with Gasteiger partial charge in [0.1, 0.15) is 0 Å². The van der Waals surface area contributed by atoms with E-state index in [4.69, 9.17) is 14.2 Å². The third kappa shape index (κ3) is 4.40. The van der Waals surface area contributed by atoms with Crippen LogP contribution in [-0.4, -0.2) is 28.9 Å². The van der Waals surface area contributed by atoms with E-state index in [1.165, 1.54) is 6.07 Å². The van der Waals surface area contributed by atoms with Gasteiger partial charge in [-0.2, -0.15) is 21.6 Å². The van der Waals surface area contributed by atoms with E-state index >= 15 is 0 Å². The second-order valence-electron chi connectivity index (χ2n) is 10.8. The number of hydrogen-bond donors (Lipinski definition) is 0. The molecule has 0 aliphatic heterocycles. The summed E-state index contributed by atoms with van der Waals surface area (Å²) in [6.07, 6.45) is 1.71. The fourth-order valence-electron chi connectivity index (χ4n) is 6.01. The van der Waals surface area contributed by atoms with Crippen molar-refractivity contribution in [1.29, 1.82) is 0 Å². The average Bonchev–Trinajstić information content (AvgIpc) is 3.07. The number of hydrogen-bond acceptors (Lipinski definition) is 6. The van der Waals surface area contributed by atoms with E-state index < -0.39 is 21.4 Å². The molecule has 5 aromatic carbocycles. The molecule has 3 heterocycles. The van der Waals surface area contributed by atoms with Crippen LogP contribution in [-0.2, 0) is 10.1 Å². The topological polar surface area (TPSA) is 82.0 Å². The molecular formula is C36H20F3N3O3S. The van der Waals surface area contributed by atoms with Crippen molar-refractivity contribution in [3.8, 4) is 28.3 Å². The third-order valence-electron chi connectivity index (χ3n) is 8.01. The molecule has 3 aromatic heterocycles. The van der Waals surface area contributed by atoms with Crippen molar-refractivity contribution >= 4 is 64.4 Å². The Labute approximate surface area is 259 Å². The van der Waals surface area contributed by atoms with Crippen LogP contribution in [0.15, 0.2) is 121 Å². The Morgan fingerprint density at radius 1 is 0.630 bits per heavy atom. The fourth-order valence-corrected chi connectivity index (χ4v) is 6.47. The van der Waals surface area contributed by atoms with Gasteiger partial charge in [-0.05, 0) is 35.0 Å². The summed E-state index contributed by atoms with van der Waals surface area (Å²) in [6, 6.07) is 34.4. The number of fused-ring (bicyclic) bond motifs is 8. The molecule has 8 rings (SSSR count). The van der Waals surface area contributed by atoms with Crippen LogP contribution in [0.25, 0.3) is 76.8 Å². The monoisotopic (exact) mass is 631 g/mol. The number of pyridine rings is 3. The zero-order valence-electron chi connectivity index (χ0n) is 23.7. The number of halogens is 3. The van der Waals surface area contributed by atoms with Crippen molar-refractivity contribution in [1.82, 2.24) is 15.0 Å². The summed E-state index contributed by atoms with van der Waals surface area (Å²) in [6.45, 7) is 0. The Morgan fingerprint density at radius 2 is 1.35 bits per heavy atom. The van der Waals surface area contributed by atoms with Gasteiger partial charge in [0, 0.05) is 38.9 Å². The molecule has 8 aromatic rings. The Balaban J connectivity index is 1.55. The predicted octanol–water partition coefficient (Wildman–Crippen LogP) is 9.20. The average molecular weight is 632 g/mol. The summed E-state index contributed by atoms with van der Waals surface area (Å²) in [5.41, 5.74) is -1.57. The zero-order valence-corrected chi connectivity index (χ0v) is 24.5. The van der Waals surface area contributed by atoms with Gasteiger partial charge in [0.15, 0.2) is 5.75 Å². The lowest BCUT2D eigenvalue weighted by Gasteiger charge is -2.19. The lowest BCUT2D eigenvalue weighted by Crippen LogP contribution is -2.28. The standard InChI is InChI=1S/C36H20F3N3O3S/c37-36(38,39)46(43,44)45-29-20-24-10-4-5-12-25(24)31-30-26(13-6-14-28(30)42-33(32(29)31)21-8-2-1-3-9-21)27-18-17-23-16-15-22-11-7-19-40-34(22)35(23)41-27/h1-20H. The third-order valence-corrected chi connectivity index (χ3v) is 8.98. The molecule has 0 aliphatic carbocycles. The highest BCUT2D eigenvalue weighted by molar-refractivity contribution is 7.88. The SMILES string of the molecule is O=S(=O)(Oc1cc2ccccc2c2c1c(-c1ccccc1)nc1cccc(-c3ccc4ccc5cccnc5c4n3)c12)C(F)(F)F. The summed E-state index contributed by atoms with van der Waals surface area (Å²) in [7, 11) is -6.02. The molecule has 0 amide bonds. The molecule has 0 radical (unpaired) electrons. The predicted molar refractivity (Wildman–Crippen MR) is 174 cm³/mol. The van der Waals surface area contributed by atoms with Crippen molar-refractivity contribution in [2.45, 2.75) is 5.51 Å². The summed E-state index contributed by atoms with van der Waals surface area (Å²) >= 11 is 0.